The van der Waals surface area contributed by atoms with Gasteiger partial charge in [0.15, 0.2) is 0 Å². The van der Waals surface area contributed by atoms with Gasteiger partial charge in [-0.25, -0.2) is 8.42 Å². The Morgan fingerprint density at radius 2 is 1.76 bits per heavy atom. The van der Waals surface area contributed by atoms with Crippen LogP contribution in [-0.2, 0) is 26.2 Å². The maximum absolute atomic E-state index is 14.1. The molecule has 0 aliphatic carbocycles. The van der Waals surface area contributed by atoms with E-state index in [0.717, 1.165) is 21.5 Å². The molecule has 0 aliphatic rings. The molecule has 3 aromatic rings. The van der Waals surface area contributed by atoms with Crippen molar-refractivity contribution in [2.45, 2.75) is 38.3 Å². The molecule has 3 aromatic carbocycles. The predicted octanol–water partition coefficient (Wildman–Crippen LogP) is 4.23. The van der Waals surface area contributed by atoms with Crippen LogP contribution >= 0.6 is 11.6 Å². The molecule has 41 heavy (non-hydrogen) atoms. The zero-order chi connectivity index (χ0) is 30.5. The summed E-state index contributed by atoms with van der Waals surface area (Å²) in [5, 5.41) is 14.3. The molecule has 13 heteroatoms. The van der Waals surface area contributed by atoms with Gasteiger partial charge < -0.3 is 15.0 Å². The average Bonchev–Trinajstić information content (AvgIpc) is 2.94. The normalized spacial score (nSPS) is 11.9. The highest BCUT2D eigenvalue weighted by Gasteiger charge is 2.34. The van der Waals surface area contributed by atoms with Gasteiger partial charge in [0.25, 0.3) is 15.7 Å². The van der Waals surface area contributed by atoms with Crippen LogP contribution in [0.3, 0.4) is 0 Å². The van der Waals surface area contributed by atoms with E-state index >= 15 is 0 Å². The number of amides is 2. The van der Waals surface area contributed by atoms with Crippen LogP contribution in [0.5, 0.6) is 5.75 Å². The van der Waals surface area contributed by atoms with Gasteiger partial charge in [-0.2, -0.15) is 0 Å². The lowest BCUT2D eigenvalue weighted by molar-refractivity contribution is -0.385. The van der Waals surface area contributed by atoms with Crippen LogP contribution in [-0.4, -0.2) is 56.8 Å². The van der Waals surface area contributed by atoms with Gasteiger partial charge in [0, 0.05) is 30.2 Å². The van der Waals surface area contributed by atoms with E-state index in [1.54, 1.807) is 6.07 Å². The summed E-state index contributed by atoms with van der Waals surface area (Å²) < 4.78 is 34.3. The molecule has 0 saturated carbocycles. The maximum atomic E-state index is 14.1. The lowest BCUT2D eigenvalue weighted by atomic mass is 10.1. The van der Waals surface area contributed by atoms with Gasteiger partial charge in [0.2, 0.25) is 11.8 Å². The summed E-state index contributed by atoms with van der Waals surface area (Å²) in [5.41, 5.74) is 1.45. The van der Waals surface area contributed by atoms with E-state index in [4.69, 9.17) is 16.3 Å². The fraction of sp³-hybridized carbons (Fsp3) is 0.286. The first-order valence-corrected chi connectivity index (χ1v) is 14.3. The summed E-state index contributed by atoms with van der Waals surface area (Å²) >= 11 is 6.22. The Balaban J connectivity index is 2.18. The zero-order valence-electron chi connectivity index (χ0n) is 23.3. The number of hydrogen-bond donors (Lipinski definition) is 1. The van der Waals surface area contributed by atoms with E-state index in [-0.39, 0.29) is 28.6 Å². The summed E-state index contributed by atoms with van der Waals surface area (Å²) in [5.74, 6) is -1.05. The zero-order valence-corrected chi connectivity index (χ0v) is 24.8. The van der Waals surface area contributed by atoms with Crippen molar-refractivity contribution in [1.29, 1.82) is 0 Å². The fourth-order valence-electron chi connectivity index (χ4n) is 4.21. The maximum Gasteiger partial charge on any atom is 0.273 e. The van der Waals surface area contributed by atoms with Crippen molar-refractivity contribution in [3.63, 3.8) is 0 Å². The summed E-state index contributed by atoms with van der Waals surface area (Å²) in [6, 6.07) is 14.1. The molecule has 3 rings (SSSR count). The Labute approximate surface area is 243 Å². The number of halogens is 1. The van der Waals surface area contributed by atoms with Crippen LogP contribution in [0.15, 0.2) is 65.6 Å². The molecule has 11 nitrogen and oxygen atoms in total. The number of nitrogens with one attached hydrogen (secondary N) is 1. The van der Waals surface area contributed by atoms with Crippen LogP contribution in [0.1, 0.15) is 23.6 Å². The van der Waals surface area contributed by atoms with E-state index in [9.17, 15) is 28.1 Å². The minimum absolute atomic E-state index is 0.0245. The Kier molecular flexibility index (Phi) is 9.95. The second-order valence-electron chi connectivity index (χ2n) is 9.27. The molecule has 0 unspecified atom stereocenters. The van der Waals surface area contributed by atoms with Crippen LogP contribution in [0, 0.1) is 24.0 Å². The van der Waals surface area contributed by atoms with Crippen LogP contribution in [0.25, 0.3) is 0 Å². The monoisotopic (exact) mass is 602 g/mol. The van der Waals surface area contributed by atoms with Gasteiger partial charge in [-0.05, 0) is 56.2 Å². The molecular formula is C28H31ClN4O7S. The molecule has 1 atom stereocenters. The molecule has 0 aromatic heterocycles. The molecule has 0 heterocycles. The molecule has 0 saturated heterocycles. The average molecular weight is 603 g/mol. The number of hydrogen-bond acceptors (Lipinski definition) is 7. The van der Waals surface area contributed by atoms with Crippen molar-refractivity contribution in [3.05, 3.63) is 92.5 Å². The molecule has 0 radical (unpaired) electrons. The number of carbonyl (C=O) groups excluding carboxylic acids is 2. The van der Waals surface area contributed by atoms with Crippen LogP contribution in [0.4, 0.5) is 11.4 Å². The van der Waals surface area contributed by atoms with Gasteiger partial charge in [-0.15, -0.1) is 0 Å². The number of sulfonamides is 1. The lowest BCUT2D eigenvalue weighted by Gasteiger charge is -2.32. The van der Waals surface area contributed by atoms with E-state index in [0.29, 0.717) is 0 Å². The summed E-state index contributed by atoms with van der Waals surface area (Å²) in [6.45, 7) is 4.15. The number of anilines is 1. The molecule has 0 aliphatic heterocycles. The first kappa shape index (κ1) is 31.4. The van der Waals surface area contributed by atoms with Crippen LogP contribution < -0.4 is 14.4 Å². The minimum atomic E-state index is -4.60. The van der Waals surface area contributed by atoms with Gasteiger partial charge in [-0.1, -0.05) is 41.9 Å². The molecule has 218 valence electrons. The topological polar surface area (TPSA) is 139 Å². The van der Waals surface area contributed by atoms with Gasteiger partial charge in [0.05, 0.1) is 22.6 Å². The molecule has 1 N–H and O–H groups in total. The molecule has 0 bridgehead atoms. The number of carbonyl (C=O) groups is 2. The second-order valence-corrected chi connectivity index (χ2v) is 11.6. The summed E-state index contributed by atoms with van der Waals surface area (Å²) in [7, 11) is -1.83. The highest BCUT2D eigenvalue weighted by molar-refractivity contribution is 7.92. The van der Waals surface area contributed by atoms with Crippen molar-refractivity contribution in [2.75, 3.05) is 25.0 Å². The number of rotatable bonds is 11. The fourth-order valence-corrected chi connectivity index (χ4v) is 5.81. The Morgan fingerprint density at radius 1 is 1.07 bits per heavy atom. The van der Waals surface area contributed by atoms with Crippen molar-refractivity contribution in [3.8, 4) is 5.75 Å². The van der Waals surface area contributed by atoms with E-state index in [1.165, 1.54) is 63.2 Å². The number of nitrogens with zero attached hydrogens (tertiary/aromatic N) is 3. The number of aryl methyl sites for hydroxylation is 2. The van der Waals surface area contributed by atoms with Gasteiger partial charge in [0.1, 0.15) is 18.3 Å². The predicted molar refractivity (Wildman–Crippen MR) is 156 cm³/mol. The minimum Gasteiger partial charge on any atom is -0.495 e. The van der Waals surface area contributed by atoms with Crippen molar-refractivity contribution in [2.24, 2.45) is 0 Å². The molecule has 0 fully saturated rings. The first-order valence-electron chi connectivity index (χ1n) is 12.5. The third-order valence-corrected chi connectivity index (χ3v) is 8.66. The first-order chi connectivity index (χ1) is 19.3. The lowest BCUT2D eigenvalue weighted by Crippen LogP contribution is -2.50. The number of nitro groups is 1. The standard InChI is InChI=1S/C28H31ClN4O7S/c1-18-8-6-7-9-21(18)16-31(20(3)28(35)30-4)27(34)17-32(25-14-22(29)11-13-26(25)40-5)41(38,39)23-12-10-19(2)24(15-23)33(36)37/h6-15,20H,16-17H2,1-5H3,(H,30,35)/t20-/m0/s1. The number of likely N-dealkylation sites (N-methyl/N-ethyl adjacent to an activating group) is 1. The molecule has 2 amide bonds. The number of benzene rings is 3. The second kappa shape index (κ2) is 13.0. The van der Waals surface area contributed by atoms with E-state index < -0.39 is 49.9 Å². The smallest absolute Gasteiger partial charge is 0.273 e. The highest BCUT2D eigenvalue weighted by atomic mass is 35.5. The van der Waals surface area contributed by atoms with Crippen molar-refractivity contribution in [1.82, 2.24) is 10.2 Å². The van der Waals surface area contributed by atoms with Gasteiger partial charge in [-0.3, -0.25) is 24.0 Å². The van der Waals surface area contributed by atoms with Crippen LogP contribution in [0.2, 0.25) is 5.02 Å². The quantitative estimate of drug-likeness (QED) is 0.256. The Hall–Kier alpha value is -4.16. The van der Waals surface area contributed by atoms with Gasteiger partial charge >= 0.3 is 0 Å². The summed E-state index contributed by atoms with van der Waals surface area (Å²) in [6.07, 6.45) is 0. The largest absolute Gasteiger partial charge is 0.495 e. The highest BCUT2D eigenvalue weighted by Crippen LogP contribution is 2.36. The van der Waals surface area contributed by atoms with Crippen molar-refractivity contribution >= 4 is 44.8 Å². The third-order valence-electron chi connectivity index (χ3n) is 6.67. The number of methoxy groups -OCH3 is 1. The Bertz CT molecular complexity index is 1580. The third kappa shape index (κ3) is 6.95. The SMILES string of the molecule is CNC(=O)[C@H](C)N(Cc1ccccc1C)C(=O)CN(c1cc(Cl)ccc1OC)S(=O)(=O)c1ccc(C)c([N+](=O)[O-])c1. The Morgan fingerprint density at radius 3 is 2.37 bits per heavy atom. The molecule has 0 spiro atoms. The number of nitro benzene ring substituents is 1. The number of ether oxygens (including phenoxy) is 1. The summed E-state index contributed by atoms with van der Waals surface area (Å²) in [4.78, 5) is 38.4. The van der Waals surface area contributed by atoms with E-state index in [2.05, 4.69) is 5.32 Å². The van der Waals surface area contributed by atoms with Crippen molar-refractivity contribution < 1.29 is 27.7 Å². The van der Waals surface area contributed by atoms with E-state index in [1.807, 2.05) is 25.1 Å². The molecular weight excluding hydrogens is 572 g/mol.